The fourth-order valence-corrected chi connectivity index (χ4v) is 4.11. The summed E-state index contributed by atoms with van der Waals surface area (Å²) < 4.78 is 16.6. The number of allylic oxidation sites excluding steroid dienone is 3. The van der Waals surface area contributed by atoms with E-state index in [9.17, 15) is 13.8 Å². The third-order valence-electron chi connectivity index (χ3n) is 5.54. The van der Waals surface area contributed by atoms with Crippen molar-refractivity contribution in [2.75, 3.05) is 6.26 Å². The Balaban J connectivity index is 2.18. The number of rotatable bonds is 4. The molecule has 0 amide bonds. The molecule has 1 saturated carbocycles. The molecule has 5 atom stereocenters. The minimum absolute atomic E-state index is 0.108. The summed E-state index contributed by atoms with van der Waals surface area (Å²) in [6.45, 7) is 10.1. The quantitative estimate of drug-likeness (QED) is 0.443. The van der Waals surface area contributed by atoms with Gasteiger partial charge in [0.1, 0.15) is 6.10 Å². The van der Waals surface area contributed by atoms with E-state index in [-0.39, 0.29) is 29.1 Å². The van der Waals surface area contributed by atoms with E-state index in [0.717, 1.165) is 24.0 Å². The Labute approximate surface area is 146 Å². The number of hydrogen-bond donors (Lipinski definition) is 0. The van der Waals surface area contributed by atoms with Crippen molar-refractivity contribution in [1.29, 1.82) is 0 Å². The van der Waals surface area contributed by atoms with Gasteiger partial charge in [0, 0.05) is 40.4 Å². The molecule has 0 heterocycles. The molecule has 0 aromatic carbocycles. The maximum absolute atomic E-state index is 12.3. The van der Waals surface area contributed by atoms with Crippen LogP contribution in [-0.4, -0.2) is 28.3 Å². The molecule has 2 aliphatic carbocycles. The van der Waals surface area contributed by atoms with E-state index in [2.05, 4.69) is 20.4 Å². The van der Waals surface area contributed by atoms with Crippen molar-refractivity contribution in [2.45, 2.75) is 46.1 Å². The average molecular weight is 350 g/mol. The summed E-state index contributed by atoms with van der Waals surface area (Å²) in [6.07, 6.45) is 6.52. The zero-order valence-electron chi connectivity index (χ0n) is 14.8. The van der Waals surface area contributed by atoms with Crippen molar-refractivity contribution < 1.29 is 18.5 Å². The lowest BCUT2D eigenvalue weighted by Gasteiger charge is -2.49. The van der Waals surface area contributed by atoms with Crippen LogP contribution in [0.1, 0.15) is 40.0 Å². The third kappa shape index (κ3) is 3.77. The van der Waals surface area contributed by atoms with Crippen LogP contribution >= 0.6 is 0 Å². The van der Waals surface area contributed by atoms with E-state index in [1.54, 1.807) is 6.08 Å². The zero-order valence-corrected chi connectivity index (χ0v) is 15.7. The molecule has 0 spiro atoms. The van der Waals surface area contributed by atoms with Crippen molar-refractivity contribution in [2.24, 2.45) is 17.3 Å². The van der Waals surface area contributed by atoms with Crippen molar-refractivity contribution >= 4 is 22.6 Å². The predicted molar refractivity (Wildman–Crippen MR) is 95.6 cm³/mol. The van der Waals surface area contributed by atoms with Crippen LogP contribution in [-0.2, 0) is 25.1 Å². The zero-order chi connectivity index (χ0) is 18.1. The first-order valence-electron chi connectivity index (χ1n) is 8.26. The molecule has 1 fully saturated rings. The van der Waals surface area contributed by atoms with Gasteiger partial charge in [-0.15, -0.1) is 0 Å². The van der Waals surface area contributed by atoms with Crippen LogP contribution in [0.25, 0.3) is 0 Å². The number of ether oxygens (including phenoxy) is 1. The fraction of sp³-hybridized carbons (Fsp3) is 0.579. The molecule has 132 valence electrons. The first-order chi connectivity index (χ1) is 11.1. The van der Waals surface area contributed by atoms with Gasteiger partial charge in [-0.3, -0.25) is 9.00 Å². The number of hydrogen-bond acceptors (Lipinski definition) is 4. The number of fused-ring (bicyclic) bond motifs is 1. The summed E-state index contributed by atoms with van der Waals surface area (Å²) in [5.41, 5.74) is 1.88. The van der Waals surface area contributed by atoms with Crippen molar-refractivity contribution in [1.82, 2.24) is 0 Å². The van der Waals surface area contributed by atoms with E-state index in [0.29, 0.717) is 6.42 Å². The lowest BCUT2D eigenvalue weighted by atomic mass is 9.57. The van der Waals surface area contributed by atoms with Gasteiger partial charge in [-0.1, -0.05) is 31.6 Å². The standard InChI is InChI=1S/C19H26O4S/c1-12(2)15-11-19(4)13(3)17(7-6-14(19)10-16(15)20)23-18(21)8-9-24(5)22/h8-10,13,15,17H,1,6-7,11H2,2-5H3. The van der Waals surface area contributed by atoms with Gasteiger partial charge >= 0.3 is 5.97 Å². The maximum Gasteiger partial charge on any atom is 0.331 e. The smallest absolute Gasteiger partial charge is 0.331 e. The van der Waals surface area contributed by atoms with Crippen LogP contribution in [0.5, 0.6) is 0 Å². The van der Waals surface area contributed by atoms with Gasteiger partial charge < -0.3 is 4.74 Å². The Morgan fingerprint density at radius 1 is 1.50 bits per heavy atom. The van der Waals surface area contributed by atoms with E-state index < -0.39 is 16.8 Å². The van der Waals surface area contributed by atoms with Gasteiger partial charge in [-0.2, -0.15) is 0 Å². The number of esters is 1. The normalized spacial score (nSPS) is 34.4. The lowest BCUT2D eigenvalue weighted by molar-refractivity contribution is -0.150. The van der Waals surface area contributed by atoms with Crippen LogP contribution in [0.3, 0.4) is 0 Å². The molecular weight excluding hydrogens is 324 g/mol. The van der Waals surface area contributed by atoms with Gasteiger partial charge in [-0.05, 0) is 37.7 Å². The van der Waals surface area contributed by atoms with Crippen LogP contribution in [0.15, 0.2) is 35.3 Å². The van der Waals surface area contributed by atoms with Crippen molar-refractivity contribution in [3.63, 3.8) is 0 Å². The maximum atomic E-state index is 12.3. The second kappa shape index (κ2) is 7.18. The van der Waals surface area contributed by atoms with Crippen LogP contribution < -0.4 is 0 Å². The second-order valence-corrected chi connectivity index (χ2v) is 8.47. The SMILES string of the molecule is C=C(C)C1CC2(C)C(=CC1=O)CCC(OC(=O)C=CS(C)=O)C2C. The highest BCUT2D eigenvalue weighted by Crippen LogP contribution is 2.52. The Bertz CT molecular complexity index is 646. The Morgan fingerprint density at radius 3 is 2.75 bits per heavy atom. The van der Waals surface area contributed by atoms with Gasteiger partial charge in [0.2, 0.25) is 0 Å². The van der Waals surface area contributed by atoms with Crippen LogP contribution in [0.2, 0.25) is 0 Å². The highest BCUT2D eigenvalue weighted by molar-refractivity contribution is 7.87. The molecule has 0 saturated heterocycles. The molecule has 0 aromatic rings. The van der Waals surface area contributed by atoms with Crippen molar-refractivity contribution in [3.05, 3.63) is 35.3 Å². The average Bonchev–Trinajstić information content (AvgIpc) is 2.49. The highest BCUT2D eigenvalue weighted by Gasteiger charge is 2.48. The minimum atomic E-state index is -1.17. The molecule has 0 aliphatic heterocycles. The molecule has 24 heavy (non-hydrogen) atoms. The topological polar surface area (TPSA) is 60.4 Å². The van der Waals surface area contributed by atoms with Gasteiger partial charge in [0.25, 0.3) is 0 Å². The summed E-state index contributed by atoms with van der Waals surface area (Å²) in [7, 11) is -1.17. The van der Waals surface area contributed by atoms with Crippen LogP contribution in [0, 0.1) is 17.3 Å². The minimum Gasteiger partial charge on any atom is -0.459 e. The molecule has 4 nitrogen and oxygen atoms in total. The Hall–Kier alpha value is -1.49. The number of carbonyl (C=O) groups excluding carboxylic acids is 2. The fourth-order valence-electron chi connectivity index (χ4n) is 3.80. The first-order valence-corrected chi connectivity index (χ1v) is 9.88. The van der Waals surface area contributed by atoms with E-state index >= 15 is 0 Å². The summed E-state index contributed by atoms with van der Waals surface area (Å²) in [5.74, 6) is -0.359. The van der Waals surface area contributed by atoms with E-state index in [1.165, 1.54) is 17.7 Å². The predicted octanol–water partition coefficient (Wildman–Crippen LogP) is 3.32. The molecule has 0 bridgehead atoms. The number of carbonyl (C=O) groups is 2. The molecule has 2 aliphatic rings. The van der Waals surface area contributed by atoms with Gasteiger partial charge in [0.05, 0.1) is 0 Å². The van der Waals surface area contributed by atoms with E-state index in [4.69, 9.17) is 4.74 Å². The highest BCUT2D eigenvalue weighted by atomic mass is 32.2. The monoisotopic (exact) mass is 350 g/mol. The molecule has 5 heteroatoms. The van der Waals surface area contributed by atoms with Crippen LogP contribution in [0.4, 0.5) is 0 Å². The largest absolute Gasteiger partial charge is 0.459 e. The van der Waals surface area contributed by atoms with Gasteiger partial charge in [0.15, 0.2) is 5.78 Å². The summed E-state index contributed by atoms with van der Waals surface area (Å²) in [6, 6.07) is 0. The molecular formula is C19H26O4S. The third-order valence-corrected chi connectivity index (χ3v) is 6.06. The van der Waals surface area contributed by atoms with Crippen molar-refractivity contribution in [3.8, 4) is 0 Å². The molecule has 0 N–H and O–H groups in total. The summed E-state index contributed by atoms with van der Waals surface area (Å²) in [4.78, 5) is 24.2. The number of ketones is 1. The lowest BCUT2D eigenvalue weighted by Crippen LogP contribution is -2.46. The summed E-state index contributed by atoms with van der Waals surface area (Å²) >= 11 is 0. The van der Waals surface area contributed by atoms with Gasteiger partial charge in [-0.25, -0.2) is 4.79 Å². The Morgan fingerprint density at radius 2 is 2.17 bits per heavy atom. The summed E-state index contributed by atoms with van der Waals surface area (Å²) in [5, 5.41) is 1.33. The molecule has 5 unspecified atom stereocenters. The molecule has 0 radical (unpaired) electrons. The molecule has 2 rings (SSSR count). The Kier molecular flexibility index (Phi) is 5.63. The second-order valence-electron chi connectivity index (χ2n) is 7.20. The van der Waals surface area contributed by atoms with E-state index in [1.807, 2.05) is 6.92 Å². The molecule has 0 aromatic heterocycles. The first kappa shape index (κ1) is 18.8.